The van der Waals surface area contributed by atoms with Gasteiger partial charge in [-0.15, -0.1) is 0 Å². The molecule has 0 spiro atoms. The lowest BCUT2D eigenvalue weighted by Crippen LogP contribution is -2.39. The first-order valence-corrected chi connectivity index (χ1v) is 7.11. The zero-order valence-corrected chi connectivity index (χ0v) is 12.1. The highest BCUT2D eigenvalue weighted by Gasteiger charge is 2.37. The maximum atomic E-state index is 13.8. The van der Waals surface area contributed by atoms with Crippen LogP contribution in [0.15, 0.2) is 16.6 Å². The molecule has 0 bridgehead atoms. The van der Waals surface area contributed by atoms with Gasteiger partial charge in [0.1, 0.15) is 17.4 Å². The molecule has 5 heteroatoms. The molecule has 0 amide bonds. The third kappa shape index (κ3) is 3.03. The number of carbonyl (C=O) groups is 1. The average molecular weight is 332 g/mol. The predicted octanol–water partition coefficient (Wildman–Crippen LogP) is 3.36. The molecule has 19 heavy (non-hydrogen) atoms. The lowest BCUT2D eigenvalue weighted by atomic mass is 9.65. The van der Waals surface area contributed by atoms with Crippen molar-refractivity contribution in [2.24, 2.45) is 11.1 Å². The molecule has 0 heterocycles. The molecule has 1 fully saturated rings. The van der Waals surface area contributed by atoms with E-state index in [1.807, 2.05) is 0 Å². The third-order valence-electron chi connectivity index (χ3n) is 3.93. The second-order valence-electron chi connectivity index (χ2n) is 5.27. The van der Waals surface area contributed by atoms with E-state index < -0.39 is 11.6 Å². The van der Waals surface area contributed by atoms with Crippen molar-refractivity contribution in [1.29, 1.82) is 0 Å². The van der Waals surface area contributed by atoms with E-state index in [0.29, 0.717) is 13.0 Å². The maximum Gasteiger partial charge on any atom is 0.143 e. The molecule has 0 unspecified atom stereocenters. The Morgan fingerprint density at radius 3 is 2.58 bits per heavy atom. The van der Waals surface area contributed by atoms with Crippen LogP contribution in [-0.2, 0) is 11.2 Å². The number of ketones is 1. The maximum absolute atomic E-state index is 13.8. The van der Waals surface area contributed by atoms with E-state index in [2.05, 4.69) is 15.9 Å². The number of hydrogen-bond acceptors (Lipinski definition) is 2. The fraction of sp³-hybridized carbons (Fsp3) is 0.500. The van der Waals surface area contributed by atoms with E-state index in [4.69, 9.17) is 5.73 Å². The molecule has 1 aliphatic carbocycles. The van der Waals surface area contributed by atoms with Crippen molar-refractivity contribution in [2.75, 3.05) is 6.54 Å². The minimum Gasteiger partial charge on any atom is -0.330 e. The number of Topliss-reactive ketones (excluding diaryl/α,β-unsaturated/α-hetero) is 1. The van der Waals surface area contributed by atoms with Crippen molar-refractivity contribution in [3.05, 3.63) is 33.8 Å². The van der Waals surface area contributed by atoms with Crippen LogP contribution in [0.2, 0.25) is 0 Å². The molecule has 1 saturated carbocycles. The van der Waals surface area contributed by atoms with Gasteiger partial charge in [-0.25, -0.2) is 8.78 Å². The van der Waals surface area contributed by atoms with Crippen LogP contribution in [-0.4, -0.2) is 12.3 Å². The summed E-state index contributed by atoms with van der Waals surface area (Å²) < 4.78 is 27.5. The molecular weight excluding hydrogens is 316 g/mol. The van der Waals surface area contributed by atoms with Crippen molar-refractivity contribution in [2.45, 2.75) is 32.1 Å². The Kier molecular flexibility index (Phi) is 4.36. The van der Waals surface area contributed by atoms with Gasteiger partial charge < -0.3 is 5.73 Å². The first-order chi connectivity index (χ1) is 8.97. The molecule has 2 nitrogen and oxygen atoms in total. The molecule has 1 aromatic carbocycles. The van der Waals surface area contributed by atoms with Crippen LogP contribution in [0.1, 0.15) is 31.2 Å². The number of carbonyl (C=O) groups excluding carboxylic acids is 1. The summed E-state index contributed by atoms with van der Waals surface area (Å²) >= 11 is 3.00. The van der Waals surface area contributed by atoms with Gasteiger partial charge in [0.25, 0.3) is 0 Å². The lowest BCUT2D eigenvalue weighted by molar-refractivity contribution is -0.122. The van der Waals surface area contributed by atoms with Crippen molar-refractivity contribution in [3.8, 4) is 0 Å². The number of rotatable bonds is 5. The Labute approximate surface area is 119 Å². The van der Waals surface area contributed by atoms with E-state index in [1.165, 1.54) is 6.07 Å². The number of halogens is 3. The number of nitrogens with two attached hydrogens (primary N) is 1. The van der Waals surface area contributed by atoms with Crippen LogP contribution < -0.4 is 5.73 Å². The molecule has 0 aliphatic heterocycles. The Hall–Kier alpha value is -0.810. The summed E-state index contributed by atoms with van der Waals surface area (Å²) in [5.74, 6) is -1.52. The van der Waals surface area contributed by atoms with E-state index >= 15 is 0 Å². The smallest absolute Gasteiger partial charge is 0.143 e. The van der Waals surface area contributed by atoms with E-state index in [-0.39, 0.29) is 27.7 Å². The minimum absolute atomic E-state index is 0.129. The molecule has 0 aromatic heterocycles. The van der Waals surface area contributed by atoms with E-state index in [1.54, 1.807) is 0 Å². The molecule has 0 saturated heterocycles. The van der Waals surface area contributed by atoms with Crippen molar-refractivity contribution in [3.63, 3.8) is 0 Å². The number of benzene rings is 1. The molecule has 0 atom stereocenters. The van der Waals surface area contributed by atoms with Gasteiger partial charge in [0, 0.05) is 18.4 Å². The Balaban J connectivity index is 2.09. The highest BCUT2D eigenvalue weighted by Crippen LogP contribution is 2.43. The Bertz CT molecular complexity index is 495. The fourth-order valence-electron chi connectivity index (χ4n) is 2.54. The number of hydrogen-bond donors (Lipinski definition) is 1. The second-order valence-corrected chi connectivity index (χ2v) is 6.13. The summed E-state index contributed by atoms with van der Waals surface area (Å²) in [4.78, 5) is 12.0. The standard InChI is InChI=1S/C14H16BrF2NO/c15-11-2-3-12(16)10(13(11)17)6-9(19)7-14(8-18)4-1-5-14/h2-3H,1,4-8,18H2. The van der Waals surface area contributed by atoms with Crippen molar-refractivity contribution < 1.29 is 13.6 Å². The van der Waals surface area contributed by atoms with Crippen molar-refractivity contribution >= 4 is 21.7 Å². The van der Waals surface area contributed by atoms with Crippen LogP contribution in [0.3, 0.4) is 0 Å². The first kappa shape index (κ1) is 14.6. The van der Waals surface area contributed by atoms with Gasteiger partial charge in [-0.05, 0) is 52.9 Å². The highest BCUT2D eigenvalue weighted by molar-refractivity contribution is 9.10. The summed E-state index contributed by atoms with van der Waals surface area (Å²) in [5.41, 5.74) is 5.40. The average Bonchev–Trinajstić information content (AvgIpc) is 2.34. The summed E-state index contributed by atoms with van der Waals surface area (Å²) in [6.07, 6.45) is 3.04. The van der Waals surface area contributed by atoms with Gasteiger partial charge in [-0.3, -0.25) is 4.79 Å². The molecule has 1 aliphatic rings. The minimum atomic E-state index is -0.691. The third-order valence-corrected chi connectivity index (χ3v) is 4.54. The Morgan fingerprint density at radius 1 is 1.37 bits per heavy atom. The molecule has 2 rings (SSSR count). The monoisotopic (exact) mass is 331 g/mol. The van der Waals surface area contributed by atoms with E-state index in [0.717, 1.165) is 25.3 Å². The second kappa shape index (κ2) is 5.67. The quantitative estimate of drug-likeness (QED) is 0.841. The zero-order valence-electron chi connectivity index (χ0n) is 10.5. The summed E-state index contributed by atoms with van der Waals surface area (Å²) in [6, 6.07) is 2.46. The molecule has 2 N–H and O–H groups in total. The van der Waals surface area contributed by atoms with Gasteiger partial charge >= 0.3 is 0 Å². The van der Waals surface area contributed by atoms with Gasteiger partial charge in [-0.2, -0.15) is 0 Å². The molecule has 0 radical (unpaired) electrons. The van der Waals surface area contributed by atoms with Crippen LogP contribution in [0, 0.1) is 17.0 Å². The first-order valence-electron chi connectivity index (χ1n) is 6.31. The summed E-state index contributed by atoms with van der Waals surface area (Å²) in [6.45, 7) is 0.461. The van der Waals surface area contributed by atoms with Gasteiger partial charge in [0.2, 0.25) is 0 Å². The van der Waals surface area contributed by atoms with Crippen LogP contribution >= 0.6 is 15.9 Å². The van der Waals surface area contributed by atoms with Crippen LogP contribution in [0.4, 0.5) is 8.78 Å². The predicted molar refractivity (Wildman–Crippen MR) is 72.7 cm³/mol. The lowest BCUT2D eigenvalue weighted by Gasteiger charge is -2.40. The topological polar surface area (TPSA) is 43.1 Å². The molecule has 104 valence electrons. The largest absolute Gasteiger partial charge is 0.330 e. The fourth-order valence-corrected chi connectivity index (χ4v) is 2.91. The normalized spacial score (nSPS) is 17.1. The van der Waals surface area contributed by atoms with Gasteiger partial charge in [-0.1, -0.05) is 6.42 Å². The van der Waals surface area contributed by atoms with E-state index in [9.17, 15) is 13.6 Å². The Morgan fingerprint density at radius 2 is 2.05 bits per heavy atom. The van der Waals surface area contributed by atoms with Crippen molar-refractivity contribution in [1.82, 2.24) is 0 Å². The SMILES string of the molecule is NCC1(CC(=O)Cc2c(F)ccc(Br)c2F)CCC1. The van der Waals surface area contributed by atoms with Crippen LogP contribution in [0.25, 0.3) is 0 Å². The van der Waals surface area contributed by atoms with Gasteiger partial charge in [0.15, 0.2) is 0 Å². The highest BCUT2D eigenvalue weighted by atomic mass is 79.9. The van der Waals surface area contributed by atoms with Crippen LogP contribution in [0.5, 0.6) is 0 Å². The summed E-state index contributed by atoms with van der Waals surface area (Å²) in [7, 11) is 0. The van der Waals surface area contributed by atoms with Gasteiger partial charge in [0.05, 0.1) is 4.47 Å². The molecule has 1 aromatic rings. The zero-order chi connectivity index (χ0) is 14.0. The summed E-state index contributed by atoms with van der Waals surface area (Å²) in [5, 5.41) is 0. The molecular formula is C14H16BrF2NO.